The summed E-state index contributed by atoms with van der Waals surface area (Å²) in [5.74, 6) is 0. The second-order valence-corrected chi connectivity index (χ2v) is 14.0. The third-order valence-corrected chi connectivity index (χ3v) is 12.0. The van der Waals surface area contributed by atoms with Gasteiger partial charge in [-0.25, -0.2) is 9.56 Å². The van der Waals surface area contributed by atoms with Gasteiger partial charge in [-0.3, -0.25) is 0 Å². The van der Waals surface area contributed by atoms with E-state index in [0.29, 0.717) is 0 Å². The van der Waals surface area contributed by atoms with Gasteiger partial charge in [0.1, 0.15) is 0 Å². The third-order valence-electron chi connectivity index (χ3n) is 6.37. The van der Waals surface area contributed by atoms with E-state index in [1.807, 2.05) is 0 Å². The van der Waals surface area contributed by atoms with Gasteiger partial charge in [0, 0.05) is 47.6 Å². The largest absolute Gasteiger partial charge is 0 e. The summed E-state index contributed by atoms with van der Waals surface area (Å²) < 4.78 is 35.0. The van der Waals surface area contributed by atoms with Crippen molar-refractivity contribution in [2.24, 2.45) is 0 Å². The van der Waals surface area contributed by atoms with Gasteiger partial charge in [-0.1, -0.05) is 97.1 Å². The van der Waals surface area contributed by atoms with E-state index in [2.05, 4.69) is 175 Å². The Morgan fingerprint density at radius 3 is 0.761 bits per heavy atom. The molecule has 4 aromatic carbocycles. The van der Waals surface area contributed by atoms with Crippen molar-refractivity contribution < 1.29 is 36.0 Å². The molecule has 46 heavy (non-hydrogen) atoms. The predicted octanol–water partition coefficient (Wildman–Crippen LogP) is 7.36. The normalized spacial score (nSPS) is 9.22. The van der Waals surface area contributed by atoms with Crippen LogP contribution < -0.4 is 21.2 Å². The second-order valence-electron chi connectivity index (χ2n) is 8.85. The van der Waals surface area contributed by atoms with Crippen LogP contribution in [0.3, 0.4) is 0 Å². The van der Waals surface area contributed by atoms with Gasteiger partial charge >= 0.3 is 45.2 Å². The molecule has 11 heteroatoms. The predicted molar refractivity (Wildman–Crippen MR) is 185 cm³/mol. The van der Waals surface area contributed by atoms with Gasteiger partial charge < -0.3 is 0 Å². The molecule has 0 atom stereocenters. The van der Waals surface area contributed by atoms with Gasteiger partial charge in [-0.2, -0.15) is 0 Å². The summed E-state index contributed by atoms with van der Waals surface area (Å²) >= 11 is 9.53. The van der Waals surface area contributed by atoms with Crippen LogP contribution in [0.15, 0.2) is 97.1 Å². The smallest absolute Gasteiger partial charge is 0 e. The number of hydrogen-bond acceptors (Lipinski definition) is 2. The van der Waals surface area contributed by atoms with Gasteiger partial charge in [0.15, 0.2) is 0 Å². The molecule has 6 nitrogen and oxygen atoms in total. The molecular formula is C35H36Cl2CrN2O4P2. The summed E-state index contributed by atoms with van der Waals surface area (Å²) in [6.45, 7) is 27.0. The standard InChI is InChI=1S/C30H34N2P2.CH2Cl2.4CO.Cr/c1-23-15-7-11-19-27(23)33(28-20-12-8-16-24(28)2)31(5)32(6)34(29-21-13-9-17-25(29)3)30-22-14-10-18-26(30)4;2-1-3;4*1-2;/h7-22H,1-6H3;1H2;;;;;. The van der Waals surface area contributed by atoms with E-state index in [9.17, 15) is 0 Å². The molecule has 240 valence electrons. The molecule has 0 aliphatic carbocycles. The first-order valence-electron chi connectivity index (χ1n) is 13.0. The molecule has 0 heterocycles. The van der Waals surface area contributed by atoms with E-state index in [1.54, 1.807) is 0 Å². The molecule has 0 saturated heterocycles. The number of aryl methyl sites for hydroxylation is 4. The number of nitrogens with zero attached hydrogens (tertiary/aromatic N) is 2. The Labute approximate surface area is 297 Å². The quantitative estimate of drug-likeness (QED) is 0.0654. The maximum absolute atomic E-state index is 7.50. The number of rotatable bonds is 7. The fourth-order valence-corrected chi connectivity index (χ4v) is 9.65. The summed E-state index contributed by atoms with van der Waals surface area (Å²) in [5, 5.41) is 5.83. The monoisotopic (exact) mass is 732 g/mol. The maximum Gasteiger partial charge on any atom is 0 e. The summed E-state index contributed by atoms with van der Waals surface area (Å²) in [4.78, 5) is 0. The molecular weight excluding hydrogens is 697 g/mol. The first-order valence-corrected chi connectivity index (χ1v) is 16.7. The zero-order valence-corrected chi connectivity index (χ0v) is 31.1. The zero-order valence-electron chi connectivity index (χ0n) is 26.5. The summed E-state index contributed by atoms with van der Waals surface area (Å²) in [6, 6.07) is 35.4. The fraction of sp³-hybridized carbons (Fsp3) is 0.200. The number of hydrazine groups is 1. The molecule has 0 spiro atoms. The van der Waals surface area contributed by atoms with Crippen molar-refractivity contribution in [2.45, 2.75) is 27.7 Å². The average molecular weight is 734 g/mol. The van der Waals surface area contributed by atoms with Crippen LogP contribution in [-0.2, 0) is 36.0 Å². The SMILES string of the molecule is Cc1ccccc1P(c1ccccc1C)N(C)N(C)P(c1ccccc1C)c1ccccc1C.ClCCl.[C-]#[O+].[C-]#[O+].[C-]#[O+].[C-]#[O+].[Cr]. The zero-order chi connectivity index (χ0) is 34.9. The molecule has 4 rings (SSSR count). The van der Waals surface area contributed by atoms with Gasteiger partial charge in [0.2, 0.25) is 0 Å². The first kappa shape index (κ1) is 48.1. The molecule has 0 amide bonds. The van der Waals surface area contributed by atoms with Crippen LogP contribution in [0, 0.1) is 54.3 Å². The van der Waals surface area contributed by atoms with Gasteiger partial charge in [-0.05, 0) is 71.2 Å². The minimum Gasteiger partial charge on any atom is 0 e. The number of halogens is 2. The van der Waals surface area contributed by atoms with Crippen LogP contribution in [0.25, 0.3) is 0 Å². The van der Waals surface area contributed by atoms with E-state index < -0.39 is 16.1 Å². The van der Waals surface area contributed by atoms with E-state index >= 15 is 0 Å². The number of benzene rings is 4. The van der Waals surface area contributed by atoms with Crippen molar-refractivity contribution in [3.63, 3.8) is 0 Å². The van der Waals surface area contributed by atoms with E-state index in [1.165, 1.54) is 43.5 Å². The van der Waals surface area contributed by atoms with Crippen molar-refractivity contribution in [2.75, 3.05) is 19.4 Å². The van der Waals surface area contributed by atoms with Gasteiger partial charge in [0.25, 0.3) is 0 Å². The van der Waals surface area contributed by atoms with Crippen LogP contribution in [-0.4, -0.2) is 29.0 Å². The molecule has 0 aromatic heterocycles. The molecule has 0 N–H and O–H groups in total. The van der Waals surface area contributed by atoms with Crippen LogP contribution in [0.1, 0.15) is 22.3 Å². The Kier molecular flexibility index (Phi) is 30.3. The van der Waals surface area contributed by atoms with E-state index in [0.717, 1.165) is 0 Å². The Hall–Kier alpha value is -2.27. The molecule has 0 radical (unpaired) electrons. The first-order chi connectivity index (χ1) is 21.8. The maximum atomic E-state index is 7.50. The van der Waals surface area contributed by atoms with Crippen molar-refractivity contribution in [1.29, 1.82) is 0 Å². The topological polar surface area (TPSA) is 86.1 Å². The molecule has 0 fully saturated rings. The Bertz CT molecular complexity index is 1290. The molecule has 0 aliphatic heterocycles. The van der Waals surface area contributed by atoms with Crippen molar-refractivity contribution >= 4 is 60.6 Å². The molecule has 0 unspecified atom stereocenters. The fourth-order valence-electron chi connectivity index (χ4n) is 4.35. The molecule has 0 aliphatic rings. The second kappa shape index (κ2) is 28.9. The van der Waals surface area contributed by atoms with E-state index in [-0.39, 0.29) is 22.7 Å². The number of alkyl halides is 2. The van der Waals surface area contributed by atoms with Gasteiger partial charge in [0.05, 0.1) is 5.34 Å². The minimum atomic E-state index is -0.750. The Morgan fingerprint density at radius 2 is 0.609 bits per heavy atom. The Morgan fingerprint density at radius 1 is 0.457 bits per heavy atom. The van der Waals surface area contributed by atoms with Gasteiger partial charge in [-0.15, -0.1) is 23.2 Å². The summed E-state index contributed by atoms with van der Waals surface area (Å²) in [7, 11) is 3.05. The molecule has 0 bridgehead atoms. The minimum absolute atomic E-state index is 0. The summed E-state index contributed by atoms with van der Waals surface area (Å²) in [5.41, 5.74) is 5.36. The van der Waals surface area contributed by atoms with Crippen LogP contribution >= 0.6 is 39.3 Å². The Balaban J connectivity index is -0.00000138. The van der Waals surface area contributed by atoms with Crippen molar-refractivity contribution in [3.8, 4) is 0 Å². The van der Waals surface area contributed by atoms with Crippen molar-refractivity contribution in [1.82, 2.24) is 9.56 Å². The third kappa shape index (κ3) is 14.2. The molecule has 0 saturated carbocycles. The van der Waals surface area contributed by atoms with Crippen molar-refractivity contribution in [3.05, 3.63) is 146 Å². The summed E-state index contributed by atoms with van der Waals surface area (Å²) in [6.07, 6.45) is 0. The number of hydrogen-bond donors (Lipinski definition) is 0. The molecule has 4 aromatic rings. The van der Waals surface area contributed by atoms with E-state index in [4.69, 9.17) is 41.8 Å². The van der Waals surface area contributed by atoms with Crippen LogP contribution in [0.4, 0.5) is 0 Å². The van der Waals surface area contributed by atoms with Crippen LogP contribution in [0.5, 0.6) is 0 Å². The average Bonchev–Trinajstić information content (AvgIpc) is 3.08. The van der Waals surface area contributed by atoms with Crippen LogP contribution in [0.2, 0.25) is 0 Å².